The Morgan fingerprint density at radius 1 is 0.931 bits per heavy atom. The zero-order chi connectivity index (χ0) is 21.2. The normalized spacial score (nSPS) is 10.0. The van der Waals surface area contributed by atoms with E-state index in [4.69, 9.17) is 4.74 Å². The fourth-order valence-electron chi connectivity index (χ4n) is 2.45. The second-order valence-electron chi connectivity index (χ2n) is 6.13. The Balaban J connectivity index is 2.04. The average Bonchev–Trinajstić information content (AvgIpc) is 2.75. The highest BCUT2D eigenvalue weighted by molar-refractivity contribution is 6.12. The summed E-state index contributed by atoms with van der Waals surface area (Å²) in [6.45, 7) is 1.65. The van der Waals surface area contributed by atoms with E-state index in [0.29, 0.717) is 12.2 Å². The molecule has 2 aromatic rings. The fourth-order valence-corrected chi connectivity index (χ4v) is 2.45. The minimum absolute atomic E-state index is 0.0310. The van der Waals surface area contributed by atoms with Gasteiger partial charge < -0.3 is 15.0 Å². The smallest absolute Gasteiger partial charge is 0.339 e. The number of nitrogens with one attached hydrogen (secondary N) is 2. The van der Waals surface area contributed by atoms with Crippen LogP contribution in [0.15, 0.2) is 54.6 Å². The number of rotatable bonds is 7. The number of ether oxygens (including phenoxy) is 1. The van der Waals surface area contributed by atoms with E-state index in [9.17, 15) is 19.2 Å². The van der Waals surface area contributed by atoms with Crippen molar-refractivity contribution >= 4 is 29.5 Å². The van der Waals surface area contributed by atoms with Crippen molar-refractivity contribution in [3.63, 3.8) is 0 Å². The van der Waals surface area contributed by atoms with Crippen LogP contribution in [0.5, 0.6) is 0 Å². The highest BCUT2D eigenvalue weighted by atomic mass is 16.5. The lowest BCUT2D eigenvalue weighted by Crippen LogP contribution is -2.41. The second kappa shape index (κ2) is 10.6. The first kappa shape index (κ1) is 21.6. The standard InChI is InChI=1S/C21H23N3O5/c1-3-13-22-21(28)23-18(25)14-29-20(27)17-12-8-7-11-16(17)19(26)24(2)15-9-5-4-6-10-15/h4-12H,3,13-14H2,1-2H3,(H2,22,23,25,28). The molecule has 2 N–H and O–H groups in total. The van der Waals surface area contributed by atoms with Crippen LogP contribution in [-0.2, 0) is 9.53 Å². The van der Waals surface area contributed by atoms with Crippen molar-refractivity contribution in [1.29, 1.82) is 0 Å². The highest BCUT2D eigenvalue weighted by Crippen LogP contribution is 2.18. The van der Waals surface area contributed by atoms with Crippen LogP contribution in [0.2, 0.25) is 0 Å². The number of anilines is 1. The maximum atomic E-state index is 12.8. The Kier molecular flexibility index (Phi) is 7.90. The first-order valence-corrected chi connectivity index (χ1v) is 9.11. The van der Waals surface area contributed by atoms with Crippen LogP contribution in [0.3, 0.4) is 0 Å². The predicted octanol–water partition coefficient (Wildman–Crippen LogP) is 2.36. The zero-order valence-corrected chi connectivity index (χ0v) is 16.3. The first-order valence-electron chi connectivity index (χ1n) is 9.11. The van der Waals surface area contributed by atoms with Crippen LogP contribution in [0, 0.1) is 0 Å². The second-order valence-corrected chi connectivity index (χ2v) is 6.13. The van der Waals surface area contributed by atoms with E-state index in [1.165, 1.54) is 17.0 Å². The van der Waals surface area contributed by atoms with Crippen molar-refractivity contribution in [2.24, 2.45) is 0 Å². The minimum atomic E-state index is -0.834. The number of para-hydroxylation sites is 1. The Bertz CT molecular complexity index is 883. The summed E-state index contributed by atoms with van der Waals surface area (Å²) in [6, 6.07) is 14.5. The lowest BCUT2D eigenvalue weighted by Gasteiger charge is -2.18. The highest BCUT2D eigenvalue weighted by Gasteiger charge is 2.22. The van der Waals surface area contributed by atoms with Crippen molar-refractivity contribution in [3.8, 4) is 0 Å². The van der Waals surface area contributed by atoms with Crippen LogP contribution in [0.4, 0.5) is 10.5 Å². The van der Waals surface area contributed by atoms with Gasteiger partial charge in [-0.05, 0) is 30.7 Å². The van der Waals surface area contributed by atoms with Gasteiger partial charge in [-0.3, -0.25) is 14.9 Å². The van der Waals surface area contributed by atoms with E-state index in [-0.39, 0.29) is 11.1 Å². The molecule has 29 heavy (non-hydrogen) atoms. The molecule has 8 heteroatoms. The van der Waals surface area contributed by atoms with Crippen LogP contribution in [0.25, 0.3) is 0 Å². The summed E-state index contributed by atoms with van der Waals surface area (Å²) >= 11 is 0. The quantitative estimate of drug-likeness (QED) is 0.698. The molecule has 152 valence electrons. The number of imide groups is 1. The molecule has 4 amide bonds. The van der Waals surface area contributed by atoms with E-state index in [1.807, 2.05) is 13.0 Å². The third-order valence-electron chi connectivity index (χ3n) is 3.95. The molecule has 0 saturated heterocycles. The monoisotopic (exact) mass is 397 g/mol. The van der Waals surface area contributed by atoms with Crippen LogP contribution < -0.4 is 15.5 Å². The van der Waals surface area contributed by atoms with Crippen LogP contribution in [0.1, 0.15) is 34.1 Å². The molecular weight excluding hydrogens is 374 g/mol. The Hall–Kier alpha value is -3.68. The Labute approximate surface area is 168 Å². The molecule has 0 fully saturated rings. The van der Waals surface area contributed by atoms with Crippen LogP contribution >= 0.6 is 0 Å². The van der Waals surface area contributed by atoms with Gasteiger partial charge in [-0.1, -0.05) is 37.3 Å². The molecule has 2 rings (SSSR count). The number of nitrogens with zero attached hydrogens (tertiary/aromatic N) is 1. The molecule has 0 bridgehead atoms. The SMILES string of the molecule is CCCNC(=O)NC(=O)COC(=O)c1ccccc1C(=O)N(C)c1ccccc1. The van der Waals surface area contributed by atoms with E-state index in [0.717, 1.165) is 6.42 Å². The van der Waals surface area contributed by atoms with E-state index in [1.54, 1.807) is 43.4 Å². The average molecular weight is 397 g/mol. The predicted molar refractivity (Wildman–Crippen MR) is 108 cm³/mol. The number of amides is 4. The van der Waals surface area contributed by atoms with Gasteiger partial charge in [-0.15, -0.1) is 0 Å². The van der Waals surface area contributed by atoms with Crippen molar-refractivity contribution in [2.45, 2.75) is 13.3 Å². The molecule has 0 radical (unpaired) electrons. The minimum Gasteiger partial charge on any atom is -0.452 e. The molecule has 0 aliphatic rings. The summed E-state index contributed by atoms with van der Waals surface area (Å²) in [5, 5.41) is 4.53. The van der Waals surface area contributed by atoms with Crippen molar-refractivity contribution in [3.05, 3.63) is 65.7 Å². The molecule has 0 aliphatic carbocycles. The fraction of sp³-hybridized carbons (Fsp3) is 0.238. The number of carbonyl (C=O) groups excluding carboxylic acids is 4. The van der Waals surface area contributed by atoms with Gasteiger partial charge in [-0.2, -0.15) is 0 Å². The Morgan fingerprint density at radius 3 is 2.21 bits per heavy atom. The van der Waals surface area contributed by atoms with Gasteiger partial charge >= 0.3 is 12.0 Å². The summed E-state index contributed by atoms with van der Waals surface area (Å²) in [6.07, 6.45) is 0.721. The van der Waals surface area contributed by atoms with E-state index < -0.39 is 30.4 Å². The lowest BCUT2D eigenvalue weighted by molar-refractivity contribution is -0.123. The van der Waals surface area contributed by atoms with Gasteiger partial charge in [0.15, 0.2) is 6.61 Å². The third kappa shape index (κ3) is 6.17. The lowest BCUT2D eigenvalue weighted by atomic mass is 10.1. The van der Waals surface area contributed by atoms with Crippen molar-refractivity contribution in [1.82, 2.24) is 10.6 Å². The largest absolute Gasteiger partial charge is 0.452 e. The summed E-state index contributed by atoms with van der Waals surface area (Å²) in [4.78, 5) is 49.9. The number of urea groups is 1. The Morgan fingerprint density at radius 2 is 1.55 bits per heavy atom. The maximum absolute atomic E-state index is 12.8. The summed E-state index contributed by atoms with van der Waals surface area (Å²) < 4.78 is 4.97. The molecule has 0 saturated carbocycles. The summed E-state index contributed by atoms with van der Waals surface area (Å²) in [7, 11) is 1.60. The first-order chi connectivity index (χ1) is 13.9. The van der Waals surface area contributed by atoms with E-state index in [2.05, 4.69) is 10.6 Å². The van der Waals surface area contributed by atoms with E-state index >= 15 is 0 Å². The number of esters is 1. The van der Waals surface area contributed by atoms with Crippen molar-refractivity contribution in [2.75, 3.05) is 25.1 Å². The van der Waals surface area contributed by atoms with Crippen molar-refractivity contribution < 1.29 is 23.9 Å². The van der Waals surface area contributed by atoms with Gasteiger partial charge in [0.25, 0.3) is 11.8 Å². The molecule has 0 spiro atoms. The molecular formula is C21H23N3O5. The molecule has 2 aromatic carbocycles. The van der Waals surface area contributed by atoms with Gasteiger partial charge in [0.2, 0.25) is 0 Å². The van der Waals surface area contributed by atoms with Gasteiger partial charge in [0.1, 0.15) is 0 Å². The molecule has 0 unspecified atom stereocenters. The van der Waals surface area contributed by atoms with Gasteiger partial charge in [0, 0.05) is 19.3 Å². The molecule has 8 nitrogen and oxygen atoms in total. The number of carbonyl (C=O) groups is 4. The third-order valence-corrected chi connectivity index (χ3v) is 3.95. The topological polar surface area (TPSA) is 105 Å². The number of hydrogen-bond acceptors (Lipinski definition) is 5. The molecule has 0 aromatic heterocycles. The number of benzene rings is 2. The summed E-state index contributed by atoms with van der Waals surface area (Å²) in [5.74, 6) is -2.00. The van der Waals surface area contributed by atoms with Gasteiger partial charge in [-0.25, -0.2) is 9.59 Å². The summed E-state index contributed by atoms with van der Waals surface area (Å²) in [5.41, 5.74) is 0.839. The molecule has 0 heterocycles. The van der Waals surface area contributed by atoms with Gasteiger partial charge in [0.05, 0.1) is 11.1 Å². The van der Waals surface area contributed by atoms with Crippen LogP contribution in [-0.4, -0.2) is 44.0 Å². The zero-order valence-electron chi connectivity index (χ0n) is 16.3. The number of hydrogen-bond donors (Lipinski definition) is 2. The maximum Gasteiger partial charge on any atom is 0.339 e. The molecule has 0 atom stereocenters. The molecule has 0 aliphatic heterocycles.